The molecule has 0 saturated carbocycles. The normalized spacial score (nSPS) is 28.2. The van der Waals surface area contributed by atoms with E-state index >= 15 is 0 Å². The monoisotopic (exact) mass is 172 g/mol. The third-order valence-corrected chi connectivity index (χ3v) is 2.78. The van der Waals surface area contributed by atoms with E-state index in [-0.39, 0.29) is 6.23 Å². The molecule has 1 saturated heterocycles. The summed E-state index contributed by atoms with van der Waals surface area (Å²) in [4.78, 5) is 4.40. The Morgan fingerprint density at radius 2 is 2.33 bits per heavy atom. The number of likely N-dealkylation sites (N-methyl/N-ethyl adjacent to an activating group) is 2. The lowest BCUT2D eigenvalue weighted by Crippen LogP contribution is -2.41. The van der Waals surface area contributed by atoms with Crippen molar-refractivity contribution < 1.29 is 5.11 Å². The van der Waals surface area contributed by atoms with Crippen molar-refractivity contribution in [2.75, 3.05) is 27.2 Å². The van der Waals surface area contributed by atoms with Crippen LogP contribution in [0.5, 0.6) is 0 Å². The van der Waals surface area contributed by atoms with Crippen LogP contribution >= 0.6 is 0 Å². The molecule has 0 aromatic heterocycles. The van der Waals surface area contributed by atoms with Gasteiger partial charge in [-0.2, -0.15) is 0 Å². The maximum absolute atomic E-state index is 9.58. The molecular weight excluding hydrogens is 152 g/mol. The zero-order valence-corrected chi connectivity index (χ0v) is 8.32. The average Bonchev–Trinajstić information content (AvgIpc) is 2.49. The van der Waals surface area contributed by atoms with Gasteiger partial charge in [0.05, 0.1) is 0 Å². The summed E-state index contributed by atoms with van der Waals surface area (Å²) in [7, 11) is 4.14. The van der Waals surface area contributed by atoms with Crippen LogP contribution in [0.15, 0.2) is 0 Å². The highest BCUT2D eigenvalue weighted by Crippen LogP contribution is 2.14. The summed E-state index contributed by atoms with van der Waals surface area (Å²) in [6.45, 7) is 4.26. The third kappa shape index (κ3) is 2.19. The van der Waals surface area contributed by atoms with E-state index in [9.17, 15) is 5.11 Å². The molecule has 1 aliphatic rings. The van der Waals surface area contributed by atoms with Gasteiger partial charge in [-0.25, -0.2) is 0 Å². The molecule has 0 radical (unpaired) electrons. The lowest BCUT2D eigenvalue weighted by molar-refractivity contribution is -0.00535. The number of nitrogens with zero attached hydrogens (tertiary/aromatic N) is 2. The predicted molar refractivity (Wildman–Crippen MR) is 50.0 cm³/mol. The van der Waals surface area contributed by atoms with Gasteiger partial charge in [-0.15, -0.1) is 0 Å². The lowest BCUT2D eigenvalue weighted by Gasteiger charge is -2.28. The van der Waals surface area contributed by atoms with Gasteiger partial charge in [-0.1, -0.05) is 6.92 Å². The molecule has 0 aromatic carbocycles. The summed E-state index contributed by atoms with van der Waals surface area (Å²) in [5, 5.41) is 9.58. The molecule has 1 heterocycles. The Hall–Kier alpha value is -0.120. The molecule has 1 N–H and O–H groups in total. The van der Waals surface area contributed by atoms with Gasteiger partial charge >= 0.3 is 0 Å². The van der Waals surface area contributed by atoms with Crippen molar-refractivity contribution in [3.63, 3.8) is 0 Å². The SMILES string of the molecule is CCC(O)N(C)C1CCN(C)C1. The largest absolute Gasteiger partial charge is 0.378 e. The van der Waals surface area contributed by atoms with Gasteiger partial charge in [0.2, 0.25) is 0 Å². The van der Waals surface area contributed by atoms with Crippen molar-refractivity contribution in [2.24, 2.45) is 0 Å². The summed E-state index contributed by atoms with van der Waals surface area (Å²) in [6, 6.07) is 0.546. The highest BCUT2D eigenvalue weighted by molar-refractivity contribution is 4.80. The molecule has 12 heavy (non-hydrogen) atoms. The van der Waals surface area contributed by atoms with Crippen molar-refractivity contribution in [1.82, 2.24) is 9.80 Å². The van der Waals surface area contributed by atoms with Gasteiger partial charge in [0, 0.05) is 12.6 Å². The van der Waals surface area contributed by atoms with Crippen LogP contribution in [-0.2, 0) is 0 Å². The topological polar surface area (TPSA) is 26.7 Å². The zero-order chi connectivity index (χ0) is 9.14. The van der Waals surface area contributed by atoms with Gasteiger partial charge in [-0.05, 0) is 33.5 Å². The van der Waals surface area contributed by atoms with Crippen LogP contribution in [0, 0.1) is 0 Å². The Morgan fingerprint density at radius 1 is 1.67 bits per heavy atom. The van der Waals surface area contributed by atoms with Crippen LogP contribution < -0.4 is 0 Å². The van der Waals surface area contributed by atoms with Gasteiger partial charge in [0.25, 0.3) is 0 Å². The Bertz CT molecular complexity index is 140. The minimum atomic E-state index is -0.263. The predicted octanol–water partition coefficient (Wildman–Crippen LogP) is 0.351. The van der Waals surface area contributed by atoms with E-state index < -0.39 is 0 Å². The molecule has 1 aliphatic heterocycles. The molecule has 1 fully saturated rings. The van der Waals surface area contributed by atoms with Crippen LogP contribution in [0.2, 0.25) is 0 Å². The van der Waals surface area contributed by atoms with E-state index in [4.69, 9.17) is 0 Å². The molecule has 0 amide bonds. The Balaban J connectivity index is 2.37. The van der Waals surface area contributed by atoms with Crippen molar-refractivity contribution in [3.8, 4) is 0 Å². The van der Waals surface area contributed by atoms with E-state index in [0.29, 0.717) is 6.04 Å². The number of aliphatic hydroxyl groups excluding tert-OH is 1. The number of aliphatic hydroxyl groups is 1. The van der Waals surface area contributed by atoms with E-state index in [2.05, 4.69) is 16.8 Å². The number of likely N-dealkylation sites (tertiary alicyclic amines) is 1. The molecule has 1 rings (SSSR count). The first-order valence-corrected chi connectivity index (χ1v) is 4.73. The second-order valence-electron chi connectivity index (χ2n) is 3.76. The molecule has 2 unspecified atom stereocenters. The first kappa shape index (κ1) is 9.96. The number of hydrogen-bond donors (Lipinski definition) is 1. The van der Waals surface area contributed by atoms with Crippen molar-refractivity contribution in [3.05, 3.63) is 0 Å². The highest BCUT2D eigenvalue weighted by atomic mass is 16.3. The lowest BCUT2D eigenvalue weighted by atomic mass is 10.2. The smallest absolute Gasteiger partial charge is 0.107 e. The van der Waals surface area contributed by atoms with Crippen LogP contribution in [0.3, 0.4) is 0 Å². The molecule has 3 heteroatoms. The summed E-state index contributed by atoms with van der Waals surface area (Å²) >= 11 is 0. The molecule has 3 nitrogen and oxygen atoms in total. The Morgan fingerprint density at radius 3 is 2.75 bits per heavy atom. The minimum absolute atomic E-state index is 0.263. The maximum Gasteiger partial charge on any atom is 0.107 e. The van der Waals surface area contributed by atoms with Crippen LogP contribution in [-0.4, -0.2) is 54.4 Å². The fourth-order valence-electron chi connectivity index (χ4n) is 1.78. The van der Waals surface area contributed by atoms with Crippen LogP contribution in [0.1, 0.15) is 19.8 Å². The second-order valence-corrected chi connectivity index (χ2v) is 3.76. The molecular formula is C9H20N2O. The second kappa shape index (κ2) is 4.21. The average molecular weight is 172 g/mol. The Labute approximate surface area is 75.0 Å². The quantitative estimate of drug-likeness (QED) is 0.622. The van der Waals surface area contributed by atoms with Crippen molar-refractivity contribution in [2.45, 2.75) is 32.0 Å². The van der Waals surface area contributed by atoms with Gasteiger partial charge in [0.15, 0.2) is 0 Å². The van der Waals surface area contributed by atoms with Crippen LogP contribution in [0.4, 0.5) is 0 Å². The fourth-order valence-corrected chi connectivity index (χ4v) is 1.78. The molecule has 0 spiro atoms. The van der Waals surface area contributed by atoms with Crippen molar-refractivity contribution >= 4 is 0 Å². The molecule has 72 valence electrons. The minimum Gasteiger partial charge on any atom is -0.378 e. The van der Waals surface area contributed by atoms with E-state index in [1.165, 1.54) is 6.42 Å². The summed E-state index contributed by atoms with van der Waals surface area (Å²) < 4.78 is 0. The molecule has 2 atom stereocenters. The highest BCUT2D eigenvalue weighted by Gasteiger charge is 2.25. The summed E-state index contributed by atoms with van der Waals surface area (Å²) in [6.07, 6.45) is 1.74. The number of hydrogen-bond acceptors (Lipinski definition) is 3. The Kier molecular flexibility index (Phi) is 3.50. The van der Waals surface area contributed by atoms with Gasteiger partial charge in [0.1, 0.15) is 6.23 Å². The first-order chi connectivity index (χ1) is 5.65. The molecule has 0 aromatic rings. The summed E-state index contributed by atoms with van der Waals surface area (Å²) in [5.41, 5.74) is 0. The summed E-state index contributed by atoms with van der Waals surface area (Å²) in [5.74, 6) is 0. The molecule has 0 aliphatic carbocycles. The molecule has 0 bridgehead atoms. The van der Waals surface area contributed by atoms with E-state index in [0.717, 1.165) is 19.5 Å². The third-order valence-electron chi connectivity index (χ3n) is 2.78. The van der Waals surface area contributed by atoms with Gasteiger partial charge < -0.3 is 10.0 Å². The van der Waals surface area contributed by atoms with Gasteiger partial charge in [-0.3, -0.25) is 4.90 Å². The van der Waals surface area contributed by atoms with Crippen LogP contribution in [0.25, 0.3) is 0 Å². The van der Waals surface area contributed by atoms with Crippen molar-refractivity contribution in [1.29, 1.82) is 0 Å². The standard InChI is InChI=1S/C9H20N2O/c1-4-9(12)11(3)8-5-6-10(2)7-8/h8-9,12H,4-7H2,1-3H3. The zero-order valence-electron chi connectivity index (χ0n) is 8.32. The fraction of sp³-hybridized carbons (Fsp3) is 1.00. The number of rotatable bonds is 3. The van der Waals surface area contributed by atoms with E-state index in [1.54, 1.807) is 0 Å². The first-order valence-electron chi connectivity index (χ1n) is 4.73. The van der Waals surface area contributed by atoms with E-state index in [1.807, 2.05) is 14.0 Å². The maximum atomic E-state index is 9.58.